The molecule has 0 fully saturated rings. The van der Waals surface area contributed by atoms with E-state index in [1.165, 1.54) is 17.3 Å². The number of rotatable bonds is 6. The van der Waals surface area contributed by atoms with Gasteiger partial charge in [0.25, 0.3) is 0 Å². The lowest BCUT2D eigenvalue weighted by molar-refractivity contribution is 0.340. The summed E-state index contributed by atoms with van der Waals surface area (Å²) in [5, 5.41) is 1.26. The number of nitrogens with zero attached hydrogens (tertiary/aromatic N) is 2. The highest BCUT2D eigenvalue weighted by Crippen LogP contribution is 2.22. The second kappa shape index (κ2) is 5.91. The molecule has 0 spiro atoms. The van der Waals surface area contributed by atoms with Crippen LogP contribution < -0.4 is 4.74 Å². The Morgan fingerprint density at radius 1 is 1.22 bits per heavy atom. The van der Waals surface area contributed by atoms with Gasteiger partial charge in [0, 0.05) is 23.6 Å². The molecule has 0 unspecified atom stereocenters. The Balaban J connectivity index is 2.10. The molecule has 1 aromatic carbocycles. The van der Waals surface area contributed by atoms with Crippen LogP contribution in [-0.2, 0) is 6.54 Å². The average molecular weight is 246 g/mol. The van der Waals surface area contributed by atoms with Crippen molar-refractivity contribution in [1.29, 1.82) is 0 Å². The summed E-state index contributed by atoms with van der Waals surface area (Å²) in [6, 6.07) is 8.47. The van der Waals surface area contributed by atoms with Crippen molar-refractivity contribution >= 4 is 10.9 Å². The molecule has 0 atom stereocenters. The molecule has 18 heavy (non-hydrogen) atoms. The van der Waals surface area contributed by atoms with E-state index in [2.05, 4.69) is 48.0 Å². The van der Waals surface area contributed by atoms with Gasteiger partial charge in [0.1, 0.15) is 5.75 Å². The van der Waals surface area contributed by atoms with E-state index in [0.29, 0.717) is 0 Å². The number of hydrogen-bond acceptors (Lipinski definition) is 2. The van der Waals surface area contributed by atoms with Gasteiger partial charge in [-0.2, -0.15) is 0 Å². The molecule has 3 heteroatoms. The molecule has 0 saturated heterocycles. The summed E-state index contributed by atoms with van der Waals surface area (Å²) in [4.78, 5) is 2.22. The topological polar surface area (TPSA) is 17.4 Å². The first-order chi connectivity index (χ1) is 8.70. The van der Waals surface area contributed by atoms with Crippen LogP contribution in [0.1, 0.15) is 13.3 Å². The van der Waals surface area contributed by atoms with Crippen LogP contribution >= 0.6 is 0 Å². The van der Waals surface area contributed by atoms with Gasteiger partial charge >= 0.3 is 0 Å². The lowest BCUT2D eigenvalue weighted by Gasteiger charge is -2.10. The highest BCUT2D eigenvalue weighted by Gasteiger charge is 2.02. The molecule has 0 aliphatic carbocycles. The Kier molecular flexibility index (Phi) is 4.26. The minimum atomic E-state index is 0.717. The van der Waals surface area contributed by atoms with Crippen LogP contribution in [0.3, 0.4) is 0 Å². The van der Waals surface area contributed by atoms with Gasteiger partial charge in [-0.15, -0.1) is 0 Å². The summed E-state index contributed by atoms with van der Waals surface area (Å²) in [5.41, 5.74) is 1.29. The average Bonchev–Trinajstić information content (AvgIpc) is 2.72. The quantitative estimate of drug-likeness (QED) is 0.779. The first kappa shape index (κ1) is 13.0. The van der Waals surface area contributed by atoms with Crippen LogP contribution in [0.15, 0.2) is 30.5 Å². The summed E-state index contributed by atoms with van der Waals surface area (Å²) in [7, 11) is 4.23. The predicted octanol–water partition coefficient (Wildman–Crippen LogP) is 2.99. The van der Waals surface area contributed by atoms with Crippen LogP contribution in [0.2, 0.25) is 0 Å². The van der Waals surface area contributed by atoms with Crippen molar-refractivity contribution in [3.63, 3.8) is 0 Å². The summed E-state index contributed by atoms with van der Waals surface area (Å²) >= 11 is 0. The van der Waals surface area contributed by atoms with Gasteiger partial charge < -0.3 is 14.2 Å². The van der Waals surface area contributed by atoms with Crippen LogP contribution in [0.25, 0.3) is 10.9 Å². The van der Waals surface area contributed by atoms with Crippen molar-refractivity contribution in [3.8, 4) is 5.75 Å². The van der Waals surface area contributed by atoms with E-state index >= 15 is 0 Å². The highest BCUT2D eigenvalue weighted by atomic mass is 16.5. The van der Waals surface area contributed by atoms with Crippen LogP contribution in [-0.4, -0.2) is 36.7 Å². The number of fused-ring (bicyclic) bond motifs is 1. The van der Waals surface area contributed by atoms with Gasteiger partial charge in [-0.1, -0.05) is 0 Å². The standard InChI is InChI=1S/C15H22N2O/c1-4-18-14-6-7-15-13(12-14)8-11-17(15)10-5-9-16(2)3/h6-8,11-12H,4-5,9-10H2,1-3H3. The van der Waals surface area contributed by atoms with E-state index in [4.69, 9.17) is 4.74 Å². The van der Waals surface area contributed by atoms with E-state index in [9.17, 15) is 0 Å². The number of ether oxygens (including phenoxy) is 1. The largest absolute Gasteiger partial charge is 0.494 e. The molecule has 0 aliphatic heterocycles. The molecule has 98 valence electrons. The van der Waals surface area contributed by atoms with E-state index in [0.717, 1.165) is 25.4 Å². The maximum absolute atomic E-state index is 5.52. The molecule has 2 rings (SSSR count). The van der Waals surface area contributed by atoms with Gasteiger partial charge in [-0.25, -0.2) is 0 Å². The number of hydrogen-bond donors (Lipinski definition) is 0. The Labute approximate surface area is 109 Å². The monoisotopic (exact) mass is 246 g/mol. The van der Waals surface area contributed by atoms with Crippen LogP contribution in [0.5, 0.6) is 5.75 Å². The lowest BCUT2D eigenvalue weighted by atomic mass is 10.2. The minimum Gasteiger partial charge on any atom is -0.494 e. The SMILES string of the molecule is CCOc1ccc2c(ccn2CCCN(C)C)c1. The molecular formula is C15H22N2O. The van der Waals surface area contributed by atoms with Crippen molar-refractivity contribution in [2.24, 2.45) is 0 Å². The Morgan fingerprint density at radius 2 is 2.06 bits per heavy atom. The van der Waals surface area contributed by atoms with Gasteiger partial charge in [0.05, 0.1) is 6.61 Å². The zero-order valence-corrected chi connectivity index (χ0v) is 11.5. The van der Waals surface area contributed by atoms with Crippen molar-refractivity contribution in [2.45, 2.75) is 19.9 Å². The number of benzene rings is 1. The van der Waals surface area contributed by atoms with Gasteiger partial charge in [-0.3, -0.25) is 0 Å². The second-order valence-corrected chi connectivity index (χ2v) is 4.82. The van der Waals surface area contributed by atoms with E-state index in [-0.39, 0.29) is 0 Å². The van der Waals surface area contributed by atoms with E-state index in [1.54, 1.807) is 0 Å². The summed E-state index contributed by atoms with van der Waals surface area (Å²) in [6.07, 6.45) is 3.33. The van der Waals surface area contributed by atoms with Crippen molar-refractivity contribution < 1.29 is 4.74 Å². The fourth-order valence-electron chi connectivity index (χ4n) is 2.19. The Bertz CT molecular complexity index is 502. The third-order valence-electron chi connectivity index (χ3n) is 3.06. The minimum absolute atomic E-state index is 0.717. The maximum Gasteiger partial charge on any atom is 0.120 e. The molecule has 0 saturated carbocycles. The molecule has 1 heterocycles. The number of aromatic nitrogens is 1. The third kappa shape index (κ3) is 3.05. The third-order valence-corrected chi connectivity index (χ3v) is 3.06. The lowest BCUT2D eigenvalue weighted by Crippen LogP contribution is -2.14. The van der Waals surface area contributed by atoms with E-state index in [1.807, 2.05) is 13.0 Å². The predicted molar refractivity (Wildman–Crippen MR) is 76.3 cm³/mol. The molecule has 2 aromatic rings. The fraction of sp³-hybridized carbons (Fsp3) is 0.467. The van der Waals surface area contributed by atoms with Crippen LogP contribution in [0, 0.1) is 0 Å². The number of aryl methyl sites for hydroxylation is 1. The molecule has 1 aromatic heterocycles. The zero-order valence-electron chi connectivity index (χ0n) is 11.5. The molecule has 3 nitrogen and oxygen atoms in total. The zero-order chi connectivity index (χ0) is 13.0. The highest BCUT2D eigenvalue weighted by molar-refractivity contribution is 5.81. The van der Waals surface area contributed by atoms with Gasteiger partial charge in [0.15, 0.2) is 0 Å². The molecule has 0 bridgehead atoms. The molecule has 0 radical (unpaired) electrons. The van der Waals surface area contributed by atoms with E-state index < -0.39 is 0 Å². The summed E-state index contributed by atoms with van der Waals surface area (Å²) in [5.74, 6) is 0.955. The van der Waals surface area contributed by atoms with Crippen molar-refractivity contribution in [3.05, 3.63) is 30.5 Å². The fourth-order valence-corrected chi connectivity index (χ4v) is 2.19. The smallest absolute Gasteiger partial charge is 0.120 e. The summed E-state index contributed by atoms with van der Waals surface area (Å²) in [6.45, 7) is 4.91. The van der Waals surface area contributed by atoms with Crippen molar-refractivity contribution in [2.75, 3.05) is 27.2 Å². The summed E-state index contributed by atoms with van der Waals surface area (Å²) < 4.78 is 7.83. The second-order valence-electron chi connectivity index (χ2n) is 4.82. The van der Waals surface area contributed by atoms with Crippen molar-refractivity contribution in [1.82, 2.24) is 9.47 Å². The molecule has 0 N–H and O–H groups in total. The maximum atomic E-state index is 5.52. The molecule has 0 aliphatic rings. The Morgan fingerprint density at radius 3 is 2.78 bits per heavy atom. The van der Waals surface area contributed by atoms with Gasteiger partial charge in [0.2, 0.25) is 0 Å². The van der Waals surface area contributed by atoms with Gasteiger partial charge in [-0.05, 0) is 58.3 Å². The molecular weight excluding hydrogens is 224 g/mol. The first-order valence-electron chi connectivity index (χ1n) is 6.57. The Hall–Kier alpha value is -1.48. The normalized spacial score (nSPS) is 11.3. The van der Waals surface area contributed by atoms with Crippen LogP contribution in [0.4, 0.5) is 0 Å². The first-order valence-corrected chi connectivity index (χ1v) is 6.57. The molecule has 0 amide bonds.